The summed E-state index contributed by atoms with van der Waals surface area (Å²) in [6.45, 7) is 6.23. The van der Waals surface area contributed by atoms with Gasteiger partial charge < -0.3 is 5.32 Å². The molecule has 0 amide bonds. The highest BCUT2D eigenvalue weighted by molar-refractivity contribution is 9.10. The Morgan fingerprint density at radius 1 is 1.33 bits per heavy atom. The second-order valence-electron chi connectivity index (χ2n) is 4.33. The molecule has 0 aromatic carbocycles. The maximum atomic E-state index is 4.21. The minimum atomic E-state index is -0.0437. The highest BCUT2D eigenvalue weighted by Gasteiger charge is 2.15. The van der Waals surface area contributed by atoms with E-state index in [0.29, 0.717) is 5.65 Å². The topological polar surface area (TPSA) is 66.5 Å². The molecule has 2 aromatic heterocycles. The first-order valence-electron chi connectivity index (χ1n) is 4.60. The summed E-state index contributed by atoms with van der Waals surface area (Å²) in [7, 11) is 0. The number of hydrogen-bond donors (Lipinski definition) is 2. The summed E-state index contributed by atoms with van der Waals surface area (Å²) in [5.74, 6) is 0.785. The number of fused-ring (bicyclic) bond motifs is 1. The molecule has 2 rings (SSSR count). The van der Waals surface area contributed by atoms with Crippen LogP contribution in [0, 0.1) is 0 Å². The summed E-state index contributed by atoms with van der Waals surface area (Å²) in [5.41, 5.74) is 0.612. The third-order valence-corrected chi connectivity index (χ3v) is 2.37. The van der Waals surface area contributed by atoms with Crippen molar-refractivity contribution in [2.24, 2.45) is 0 Å². The third-order valence-electron chi connectivity index (χ3n) is 1.80. The quantitative estimate of drug-likeness (QED) is 0.834. The Morgan fingerprint density at radius 2 is 2.07 bits per heavy atom. The average Bonchev–Trinajstić information content (AvgIpc) is 2.46. The SMILES string of the molecule is CC(C)(C)Nc1ncnc2n[nH]c(Br)c12. The fourth-order valence-corrected chi connectivity index (χ4v) is 1.72. The number of rotatable bonds is 1. The molecule has 0 radical (unpaired) electrons. The summed E-state index contributed by atoms with van der Waals surface area (Å²) in [6.07, 6.45) is 1.50. The normalized spacial score (nSPS) is 12.0. The minimum Gasteiger partial charge on any atom is -0.365 e. The van der Waals surface area contributed by atoms with Gasteiger partial charge in [-0.15, -0.1) is 0 Å². The van der Waals surface area contributed by atoms with Crippen LogP contribution in [0.1, 0.15) is 20.8 Å². The number of halogens is 1. The van der Waals surface area contributed by atoms with Gasteiger partial charge in [-0.3, -0.25) is 5.10 Å². The van der Waals surface area contributed by atoms with E-state index in [1.165, 1.54) is 6.33 Å². The van der Waals surface area contributed by atoms with Crippen LogP contribution in [0.2, 0.25) is 0 Å². The molecule has 5 nitrogen and oxygen atoms in total. The zero-order chi connectivity index (χ0) is 11.1. The molecule has 0 unspecified atom stereocenters. The van der Waals surface area contributed by atoms with Gasteiger partial charge in [0.15, 0.2) is 5.65 Å². The van der Waals surface area contributed by atoms with E-state index in [0.717, 1.165) is 15.8 Å². The number of anilines is 1. The van der Waals surface area contributed by atoms with Crippen LogP contribution < -0.4 is 5.32 Å². The van der Waals surface area contributed by atoms with Crippen LogP contribution in [-0.2, 0) is 0 Å². The highest BCUT2D eigenvalue weighted by atomic mass is 79.9. The molecule has 0 spiro atoms. The Bertz CT molecular complexity index is 485. The van der Waals surface area contributed by atoms with E-state index in [9.17, 15) is 0 Å². The molecule has 80 valence electrons. The lowest BCUT2D eigenvalue weighted by Crippen LogP contribution is -2.26. The smallest absolute Gasteiger partial charge is 0.187 e. The lowest BCUT2D eigenvalue weighted by atomic mass is 10.1. The largest absolute Gasteiger partial charge is 0.365 e. The number of hydrogen-bond acceptors (Lipinski definition) is 4. The van der Waals surface area contributed by atoms with Gasteiger partial charge in [0.05, 0.1) is 5.39 Å². The zero-order valence-corrected chi connectivity index (χ0v) is 10.4. The van der Waals surface area contributed by atoms with Crippen molar-refractivity contribution < 1.29 is 0 Å². The molecule has 2 heterocycles. The number of H-pyrrole nitrogens is 1. The van der Waals surface area contributed by atoms with Crippen LogP contribution in [0.4, 0.5) is 5.82 Å². The fourth-order valence-electron chi connectivity index (χ4n) is 1.27. The molecule has 6 heteroatoms. The van der Waals surface area contributed by atoms with E-state index in [1.807, 2.05) is 0 Å². The van der Waals surface area contributed by atoms with Crippen molar-refractivity contribution in [1.82, 2.24) is 20.2 Å². The van der Waals surface area contributed by atoms with E-state index in [2.05, 4.69) is 62.2 Å². The molecule has 2 aromatic rings. The van der Waals surface area contributed by atoms with Gasteiger partial charge in [0.1, 0.15) is 16.7 Å². The Hall–Kier alpha value is -1.17. The van der Waals surface area contributed by atoms with Gasteiger partial charge in [0.2, 0.25) is 0 Å². The van der Waals surface area contributed by atoms with Crippen molar-refractivity contribution in [2.75, 3.05) is 5.32 Å². The highest BCUT2D eigenvalue weighted by Crippen LogP contribution is 2.26. The van der Waals surface area contributed by atoms with E-state index in [4.69, 9.17) is 0 Å². The summed E-state index contributed by atoms with van der Waals surface area (Å²) in [5, 5.41) is 11.1. The van der Waals surface area contributed by atoms with Crippen molar-refractivity contribution in [1.29, 1.82) is 0 Å². The van der Waals surface area contributed by atoms with Crippen molar-refractivity contribution in [3.8, 4) is 0 Å². The first-order chi connectivity index (χ1) is 6.97. The molecule has 15 heavy (non-hydrogen) atoms. The monoisotopic (exact) mass is 269 g/mol. The third kappa shape index (κ3) is 2.09. The first-order valence-corrected chi connectivity index (χ1v) is 5.39. The molecule has 0 bridgehead atoms. The second kappa shape index (κ2) is 3.44. The standard InChI is InChI=1S/C9H12BrN5/c1-9(2,3)13-7-5-6(10)14-15-8(5)12-4-11-7/h4H,1-3H3,(H2,11,12,13,14,15). The lowest BCUT2D eigenvalue weighted by Gasteiger charge is -2.21. The van der Waals surface area contributed by atoms with Crippen LogP contribution in [0.5, 0.6) is 0 Å². The zero-order valence-electron chi connectivity index (χ0n) is 8.80. The molecule has 0 aliphatic heterocycles. The van der Waals surface area contributed by atoms with Gasteiger partial charge in [0.25, 0.3) is 0 Å². The van der Waals surface area contributed by atoms with Crippen LogP contribution in [0.15, 0.2) is 10.9 Å². The fraction of sp³-hybridized carbons (Fsp3) is 0.444. The molecule has 0 saturated carbocycles. The van der Waals surface area contributed by atoms with Crippen molar-refractivity contribution >= 4 is 32.8 Å². The Kier molecular flexibility index (Phi) is 2.38. The number of aromatic amines is 1. The molecule has 2 N–H and O–H groups in total. The van der Waals surface area contributed by atoms with Gasteiger partial charge in [-0.05, 0) is 36.7 Å². The van der Waals surface area contributed by atoms with E-state index in [1.54, 1.807) is 0 Å². The maximum Gasteiger partial charge on any atom is 0.187 e. The molecule has 0 aliphatic rings. The first kappa shape index (κ1) is 10.4. The summed E-state index contributed by atoms with van der Waals surface area (Å²) in [6, 6.07) is 0. The average molecular weight is 270 g/mol. The van der Waals surface area contributed by atoms with E-state index < -0.39 is 0 Å². The molecule has 0 aliphatic carbocycles. The Morgan fingerprint density at radius 3 is 2.73 bits per heavy atom. The van der Waals surface area contributed by atoms with E-state index >= 15 is 0 Å². The van der Waals surface area contributed by atoms with Gasteiger partial charge in [-0.1, -0.05) is 0 Å². The Labute approximate surface area is 95.8 Å². The van der Waals surface area contributed by atoms with Crippen molar-refractivity contribution in [3.63, 3.8) is 0 Å². The molecule has 0 atom stereocenters. The van der Waals surface area contributed by atoms with E-state index in [-0.39, 0.29) is 5.54 Å². The molecule has 0 saturated heterocycles. The number of aromatic nitrogens is 4. The van der Waals surface area contributed by atoms with Crippen LogP contribution in [0.3, 0.4) is 0 Å². The number of nitrogens with zero attached hydrogens (tertiary/aromatic N) is 3. The van der Waals surface area contributed by atoms with Gasteiger partial charge in [0, 0.05) is 5.54 Å². The summed E-state index contributed by atoms with van der Waals surface area (Å²) < 4.78 is 0.796. The summed E-state index contributed by atoms with van der Waals surface area (Å²) >= 11 is 3.39. The summed E-state index contributed by atoms with van der Waals surface area (Å²) in [4.78, 5) is 8.28. The predicted octanol–water partition coefficient (Wildman–Crippen LogP) is 2.33. The van der Waals surface area contributed by atoms with Crippen molar-refractivity contribution in [3.05, 3.63) is 10.9 Å². The van der Waals surface area contributed by atoms with Gasteiger partial charge >= 0.3 is 0 Å². The van der Waals surface area contributed by atoms with Crippen LogP contribution in [-0.4, -0.2) is 25.7 Å². The predicted molar refractivity (Wildman–Crippen MR) is 62.8 cm³/mol. The second-order valence-corrected chi connectivity index (χ2v) is 5.13. The Balaban J connectivity index is 2.55. The molecule has 0 fully saturated rings. The van der Waals surface area contributed by atoms with Gasteiger partial charge in [-0.2, -0.15) is 5.10 Å². The molecular formula is C9H12BrN5. The van der Waals surface area contributed by atoms with Gasteiger partial charge in [-0.25, -0.2) is 9.97 Å². The lowest BCUT2D eigenvalue weighted by molar-refractivity contribution is 0.631. The molecular weight excluding hydrogens is 258 g/mol. The van der Waals surface area contributed by atoms with Crippen LogP contribution in [0.25, 0.3) is 11.0 Å². The minimum absolute atomic E-state index is 0.0437. The van der Waals surface area contributed by atoms with Crippen LogP contribution >= 0.6 is 15.9 Å². The maximum absolute atomic E-state index is 4.21. The van der Waals surface area contributed by atoms with Crippen molar-refractivity contribution in [2.45, 2.75) is 26.3 Å². The number of nitrogens with one attached hydrogen (secondary N) is 2.